The van der Waals surface area contributed by atoms with Gasteiger partial charge in [0, 0.05) is 6.42 Å². The fourth-order valence-electron chi connectivity index (χ4n) is 5.04. The number of carbonyl (C=O) groups is 1. The molecule has 40 heavy (non-hydrogen) atoms. The lowest BCUT2D eigenvalue weighted by Crippen LogP contribution is -2.50. The molecule has 3 atom stereocenters. The third-order valence-corrected chi connectivity index (χ3v) is 7.78. The number of unbranched alkanes of at least 4 members (excludes halogenated alkanes) is 18. The van der Waals surface area contributed by atoms with E-state index in [9.17, 15) is 20.1 Å². The summed E-state index contributed by atoms with van der Waals surface area (Å²) in [5.74, 6) is -0.166. The Bertz CT molecular complexity index is 592. The first kappa shape index (κ1) is 38.8. The fraction of sp³-hybridized carbons (Fsp3) is 0.857. The Morgan fingerprint density at radius 2 is 1.00 bits per heavy atom. The van der Waals surface area contributed by atoms with Crippen molar-refractivity contribution in [2.24, 2.45) is 0 Å². The van der Waals surface area contributed by atoms with Crippen molar-refractivity contribution >= 4 is 5.91 Å². The molecule has 1 amide bonds. The maximum Gasteiger partial charge on any atom is 0.220 e. The second kappa shape index (κ2) is 30.8. The molecule has 236 valence electrons. The van der Waals surface area contributed by atoms with Crippen molar-refractivity contribution < 1.29 is 20.1 Å². The van der Waals surface area contributed by atoms with Gasteiger partial charge in [-0.15, -0.1) is 0 Å². The molecule has 5 nitrogen and oxygen atoms in total. The number of hydrogen-bond donors (Lipinski definition) is 4. The van der Waals surface area contributed by atoms with Gasteiger partial charge in [0.05, 0.1) is 18.8 Å². The van der Waals surface area contributed by atoms with Gasteiger partial charge in [0.25, 0.3) is 0 Å². The first-order valence-corrected chi connectivity index (χ1v) is 17.1. The minimum Gasteiger partial charge on any atom is -0.394 e. The third-order valence-electron chi connectivity index (χ3n) is 7.78. The monoisotopic (exact) mass is 566 g/mol. The number of allylic oxidation sites excluding steroid dienone is 4. The molecule has 4 N–H and O–H groups in total. The molecule has 3 unspecified atom stereocenters. The zero-order valence-corrected chi connectivity index (χ0v) is 26.5. The molecule has 0 rings (SSSR count). The van der Waals surface area contributed by atoms with Gasteiger partial charge >= 0.3 is 0 Å². The van der Waals surface area contributed by atoms with Crippen LogP contribution in [0.3, 0.4) is 0 Å². The van der Waals surface area contributed by atoms with Gasteiger partial charge in [0.1, 0.15) is 6.10 Å². The predicted octanol–water partition coefficient (Wildman–Crippen LogP) is 8.70. The highest BCUT2D eigenvalue weighted by molar-refractivity contribution is 5.76. The zero-order valence-electron chi connectivity index (χ0n) is 26.5. The van der Waals surface area contributed by atoms with Crippen LogP contribution in [0, 0.1) is 0 Å². The first-order valence-electron chi connectivity index (χ1n) is 17.1. The molecule has 5 heteroatoms. The van der Waals surface area contributed by atoms with Crippen molar-refractivity contribution in [1.29, 1.82) is 0 Å². The molecule has 0 fully saturated rings. The number of hydrogen-bond acceptors (Lipinski definition) is 4. The summed E-state index contributed by atoms with van der Waals surface area (Å²) in [6.07, 6.45) is 34.1. The summed E-state index contributed by atoms with van der Waals surface area (Å²) in [6, 6.07) is -0.825. The minimum atomic E-state index is -1.16. The van der Waals surface area contributed by atoms with Crippen LogP contribution in [0.25, 0.3) is 0 Å². The molecule has 0 radical (unpaired) electrons. The van der Waals surface area contributed by atoms with Crippen molar-refractivity contribution in [2.75, 3.05) is 6.61 Å². The molecule has 0 aromatic carbocycles. The lowest BCUT2D eigenvalue weighted by atomic mass is 10.0. The Balaban J connectivity index is 3.76. The quantitative estimate of drug-likeness (QED) is 0.0518. The minimum absolute atomic E-state index is 0.166. The van der Waals surface area contributed by atoms with E-state index < -0.39 is 18.2 Å². The number of nitrogens with one attached hydrogen (secondary N) is 1. The van der Waals surface area contributed by atoms with E-state index in [1.807, 2.05) is 0 Å². The highest BCUT2D eigenvalue weighted by Crippen LogP contribution is 2.13. The van der Waals surface area contributed by atoms with Gasteiger partial charge in [0.15, 0.2) is 0 Å². The number of aliphatic hydroxyl groups excluding tert-OH is 3. The number of amides is 1. The highest BCUT2D eigenvalue weighted by atomic mass is 16.3. The predicted molar refractivity (Wildman–Crippen MR) is 171 cm³/mol. The van der Waals surface area contributed by atoms with Crippen LogP contribution in [0.2, 0.25) is 0 Å². The van der Waals surface area contributed by atoms with Crippen LogP contribution in [-0.2, 0) is 4.79 Å². The molecule has 0 bridgehead atoms. The molecule has 0 aromatic rings. The number of rotatable bonds is 30. The smallest absolute Gasteiger partial charge is 0.220 e. The van der Waals surface area contributed by atoms with Gasteiger partial charge in [-0.2, -0.15) is 0 Å². The summed E-state index contributed by atoms with van der Waals surface area (Å²) in [5, 5.41) is 33.1. The molecule has 0 spiro atoms. The van der Waals surface area contributed by atoms with Gasteiger partial charge in [-0.25, -0.2) is 0 Å². The van der Waals surface area contributed by atoms with Crippen LogP contribution < -0.4 is 5.32 Å². The van der Waals surface area contributed by atoms with Gasteiger partial charge in [0.2, 0.25) is 5.91 Å². The summed E-state index contributed by atoms with van der Waals surface area (Å²) in [5.41, 5.74) is 0. The van der Waals surface area contributed by atoms with E-state index in [0.29, 0.717) is 12.8 Å². The zero-order chi connectivity index (χ0) is 29.5. The van der Waals surface area contributed by atoms with E-state index in [-0.39, 0.29) is 12.5 Å². The molecular weight excluding hydrogens is 498 g/mol. The Kier molecular flexibility index (Phi) is 29.9. The summed E-state index contributed by atoms with van der Waals surface area (Å²) >= 11 is 0. The average Bonchev–Trinajstić information content (AvgIpc) is 2.96. The maximum atomic E-state index is 12.3. The molecule has 0 heterocycles. The van der Waals surface area contributed by atoms with Crippen molar-refractivity contribution in [3.8, 4) is 0 Å². The van der Waals surface area contributed by atoms with Crippen LogP contribution in [-0.4, -0.2) is 46.1 Å². The van der Waals surface area contributed by atoms with E-state index in [1.165, 1.54) is 96.3 Å². The molecule has 0 saturated heterocycles. The van der Waals surface area contributed by atoms with E-state index in [4.69, 9.17) is 0 Å². The van der Waals surface area contributed by atoms with Gasteiger partial charge in [-0.05, 0) is 64.2 Å². The van der Waals surface area contributed by atoms with Gasteiger partial charge < -0.3 is 20.6 Å². The normalized spacial score (nSPS) is 14.2. The topological polar surface area (TPSA) is 89.8 Å². The molecule has 0 aliphatic carbocycles. The fourth-order valence-corrected chi connectivity index (χ4v) is 5.04. The standard InChI is InChI=1S/C35H67NO4/c1-3-5-7-9-11-13-15-16-17-18-19-20-22-24-26-28-30-34(39)36-32(31-37)35(40)33(38)29-27-25-23-21-14-12-10-8-6-4-2/h17-18,21,23,32-33,35,37-38,40H,3-16,19-20,22,24-31H2,1-2H3,(H,36,39)/b18-17-,23-21+. The van der Waals surface area contributed by atoms with Crippen LogP contribution in [0.4, 0.5) is 0 Å². The highest BCUT2D eigenvalue weighted by Gasteiger charge is 2.26. The van der Waals surface area contributed by atoms with Crippen molar-refractivity contribution in [3.63, 3.8) is 0 Å². The largest absolute Gasteiger partial charge is 0.394 e. The van der Waals surface area contributed by atoms with Gasteiger partial charge in [-0.3, -0.25) is 4.79 Å². The second-order valence-corrected chi connectivity index (χ2v) is 11.7. The molecule has 0 saturated carbocycles. The SMILES string of the molecule is CCCCCCC/C=C/CCCC(O)C(O)C(CO)NC(=O)CCCCCCC/C=C\CCCCCCCCC. The Labute approximate surface area is 248 Å². The van der Waals surface area contributed by atoms with Crippen molar-refractivity contribution in [3.05, 3.63) is 24.3 Å². The third kappa shape index (κ3) is 25.8. The summed E-state index contributed by atoms with van der Waals surface area (Å²) in [6.45, 7) is 4.11. The van der Waals surface area contributed by atoms with Crippen molar-refractivity contribution in [1.82, 2.24) is 5.32 Å². The van der Waals surface area contributed by atoms with Crippen LogP contribution in [0.15, 0.2) is 24.3 Å². The lowest BCUT2D eigenvalue weighted by Gasteiger charge is -2.26. The van der Waals surface area contributed by atoms with E-state index >= 15 is 0 Å². The van der Waals surface area contributed by atoms with E-state index in [0.717, 1.165) is 44.9 Å². The van der Waals surface area contributed by atoms with Crippen LogP contribution in [0.1, 0.15) is 168 Å². The van der Waals surface area contributed by atoms with Crippen LogP contribution in [0.5, 0.6) is 0 Å². The Morgan fingerprint density at radius 1 is 0.600 bits per heavy atom. The lowest BCUT2D eigenvalue weighted by molar-refractivity contribution is -0.124. The number of carbonyl (C=O) groups excluding carboxylic acids is 1. The van der Waals surface area contributed by atoms with Crippen molar-refractivity contribution in [2.45, 2.75) is 186 Å². The van der Waals surface area contributed by atoms with E-state index in [2.05, 4.69) is 43.5 Å². The first-order chi connectivity index (χ1) is 19.6. The Hall–Kier alpha value is -1.17. The van der Waals surface area contributed by atoms with Crippen LogP contribution >= 0.6 is 0 Å². The second-order valence-electron chi connectivity index (χ2n) is 11.7. The summed E-state index contributed by atoms with van der Waals surface area (Å²) in [4.78, 5) is 12.3. The molecular formula is C35H67NO4. The maximum absolute atomic E-state index is 12.3. The van der Waals surface area contributed by atoms with E-state index in [1.54, 1.807) is 0 Å². The molecule has 0 aliphatic heterocycles. The molecule has 0 aliphatic rings. The van der Waals surface area contributed by atoms with Gasteiger partial charge in [-0.1, -0.05) is 122 Å². The number of aliphatic hydroxyl groups is 3. The molecule has 0 aromatic heterocycles. The summed E-state index contributed by atoms with van der Waals surface area (Å²) in [7, 11) is 0. The Morgan fingerprint density at radius 3 is 1.45 bits per heavy atom. The summed E-state index contributed by atoms with van der Waals surface area (Å²) < 4.78 is 0. The average molecular weight is 566 g/mol.